The SMILES string of the molecule is O=C(COc1cccc(Br)c1)OCC(=O)N1c2ccccc2Sc2ccccc21. The monoisotopic (exact) mass is 469 g/mol. The zero-order chi connectivity index (χ0) is 20.2. The van der Waals surface area contributed by atoms with Gasteiger partial charge >= 0.3 is 5.97 Å². The number of esters is 1. The minimum atomic E-state index is -0.605. The molecule has 0 spiro atoms. The number of anilines is 2. The molecule has 0 atom stereocenters. The van der Waals surface area contributed by atoms with Gasteiger partial charge in [-0.25, -0.2) is 4.79 Å². The van der Waals surface area contributed by atoms with E-state index < -0.39 is 5.97 Å². The summed E-state index contributed by atoms with van der Waals surface area (Å²) in [7, 11) is 0. The lowest BCUT2D eigenvalue weighted by Crippen LogP contribution is -2.33. The smallest absolute Gasteiger partial charge is 0.344 e. The summed E-state index contributed by atoms with van der Waals surface area (Å²) < 4.78 is 11.4. The molecule has 1 amide bonds. The van der Waals surface area contributed by atoms with Crippen LogP contribution in [0, 0.1) is 0 Å². The lowest BCUT2D eigenvalue weighted by atomic mass is 10.2. The van der Waals surface area contributed by atoms with Crippen molar-refractivity contribution in [1.29, 1.82) is 0 Å². The first-order valence-electron chi connectivity index (χ1n) is 8.85. The maximum atomic E-state index is 12.9. The molecule has 0 N–H and O–H groups in total. The summed E-state index contributed by atoms with van der Waals surface area (Å²) in [6.45, 7) is -0.638. The van der Waals surface area contributed by atoms with E-state index in [2.05, 4.69) is 15.9 Å². The Morgan fingerprint density at radius 2 is 1.52 bits per heavy atom. The second-order valence-electron chi connectivity index (χ2n) is 6.17. The van der Waals surface area contributed by atoms with Gasteiger partial charge in [-0.15, -0.1) is 0 Å². The van der Waals surface area contributed by atoms with E-state index in [-0.39, 0.29) is 19.1 Å². The van der Waals surface area contributed by atoms with Crippen LogP contribution in [0.3, 0.4) is 0 Å². The minimum absolute atomic E-state index is 0.271. The van der Waals surface area contributed by atoms with Crippen molar-refractivity contribution in [2.45, 2.75) is 9.79 Å². The number of hydrogen-bond donors (Lipinski definition) is 0. The van der Waals surface area contributed by atoms with E-state index in [0.29, 0.717) is 5.75 Å². The largest absolute Gasteiger partial charge is 0.482 e. The standard InChI is InChI=1S/C22H16BrNO4S/c23-15-6-5-7-16(12-15)27-14-22(26)28-13-21(25)24-17-8-1-3-10-19(17)29-20-11-4-2-9-18(20)24/h1-12H,13-14H2. The lowest BCUT2D eigenvalue weighted by Gasteiger charge is -2.30. The van der Waals surface area contributed by atoms with Gasteiger partial charge in [0, 0.05) is 14.3 Å². The predicted octanol–water partition coefficient (Wildman–Crippen LogP) is 5.20. The molecule has 146 valence electrons. The van der Waals surface area contributed by atoms with Gasteiger partial charge in [0.05, 0.1) is 11.4 Å². The molecule has 1 aliphatic heterocycles. The molecule has 7 heteroatoms. The van der Waals surface area contributed by atoms with Crippen molar-refractivity contribution >= 4 is 50.9 Å². The Morgan fingerprint density at radius 1 is 0.862 bits per heavy atom. The van der Waals surface area contributed by atoms with Crippen molar-refractivity contribution in [3.8, 4) is 5.75 Å². The van der Waals surface area contributed by atoms with E-state index >= 15 is 0 Å². The average Bonchev–Trinajstić information content (AvgIpc) is 2.74. The summed E-state index contributed by atoms with van der Waals surface area (Å²) in [5, 5.41) is 0. The summed E-state index contributed by atoms with van der Waals surface area (Å²) >= 11 is 4.95. The Morgan fingerprint density at radius 3 is 2.17 bits per heavy atom. The van der Waals surface area contributed by atoms with Crippen LogP contribution in [0.5, 0.6) is 5.75 Å². The number of nitrogens with zero attached hydrogens (tertiary/aromatic N) is 1. The van der Waals surface area contributed by atoms with Crippen LogP contribution in [0.4, 0.5) is 11.4 Å². The number of benzene rings is 3. The van der Waals surface area contributed by atoms with Gasteiger partial charge in [-0.1, -0.05) is 58.0 Å². The molecular weight excluding hydrogens is 454 g/mol. The number of fused-ring (bicyclic) bond motifs is 2. The van der Waals surface area contributed by atoms with Gasteiger partial charge < -0.3 is 9.47 Å². The molecule has 3 aromatic carbocycles. The first-order valence-corrected chi connectivity index (χ1v) is 10.5. The molecule has 0 radical (unpaired) electrons. The minimum Gasteiger partial charge on any atom is -0.482 e. The highest BCUT2D eigenvalue weighted by atomic mass is 79.9. The molecule has 0 saturated carbocycles. The van der Waals surface area contributed by atoms with Crippen LogP contribution in [0.25, 0.3) is 0 Å². The highest BCUT2D eigenvalue weighted by Crippen LogP contribution is 2.47. The fourth-order valence-electron chi connectivity index (χ4n) is 2.92. The average molecular weight is 470 g/mol. The Kier molecular flexibility index (Phi) is 5.87. The van der Waals surface area contributed by atoms with E-state index in [4.69, 9.17) is 9.47 Å². The molecule has 29 heavy (non-hydrogen) atoms. The van der Waals surface area contributed by atoms with Gasteiger partial charge in [-0.05, 0) is 42.5 Å². The zero-order valence-corrected chi connectivity index (χ0v) is 17.6. The number of ether oxygens (including phenoxy) is 2. The van der Waals surface area contributed by atoms with Crippen molar-refractivity contribution in [1.82, 2.24) is 0 Å². The predicted molar refractivity (Wildman–Crippen MR) is 115 cm³/mol. The van der Waals surface area contributed by atoms with Crippen molar-refractivity contribution < 1.29 is 19.1 Å². The molecule has 0 aliphatic carbocycles. The summed E-state index contributed by atoms with van der Waals surface area (Å²) in [4.78, 5) is 28.5. The molecular formula is C22H16BrNO4S. The molecule has 0 saturated heterocycles. The second-order valence-corrected chi connectivity index (χ2v) is 8.17. The first kappa shape index (κ1) is 19.5. The van der Waals surface area contributed by atoms with Crippen molar-refractivity contribution in [2.75, 3.05) is 18.1 Å². The van der Waals surface area contributed by atoms with Gasteiger partial charge in [0.15, 0.2) is 13.2 Å². The molecule has 5 nitrogen and oxygen atoms in total. The number of carbonyl (C=O) groups is 2. The Labute approximate surface area is 180 Å². The second kappa shape index (κ2) is 8.71. The van der Waals surface area contributed by atoms with Crippen LogP contribution < -0.4 is 9.64 Å². The van der Waals surface area contributed by atoms with Crippen LogP contribution in [0.15, 0.2) is 87.1 Å². The van der Waals surface area contributed by atoms with Crippen LogP contribution in [0.2, 0.25) is 0 Å². The lowest BCUT2D eigenvalue weighted by molar-refractivity contribution is -0.149. The van der Waals surface area contributed by atoms with E-state index in [9.17, 15) is 9.59 Å². The molecule has 3 aromatic rings. The van der Waals surface area contributed by atoms with Crippen LogP contribution in [-0.2, 0) is 14.3 Å². The van der Waals surface area contributed by atoms with Gasteiger partial charge in [0.25, 0.3) is 5.91 Å². The molecule has 1 aliphatic rings. The number of para-hydroxylation sites is 2. The quantitative estimate of drug-likeness (QED) is 0.480. The molecule has 1 heterocycles. The fraction of sp³-hybridized carbons (Fsp3) is 0.0909. The van der Waals surface area contributed by atoms with E-state index in [1.54, 1.807) is 34.9 Å². The number of halogens is 1. The van der Waals surface area contributed by atoms with Gasteiger partial charge in [-0.2, -0.15) is 0 Å². The van der Waals surface area contributed by atoms with E-state index in [1.807, 2.05) is 54.6 Å². The van der Waals surface area contributed by atoms with E-state index in [1.165, 1.54) is 0 Å². The highest BCUT2D eigenvalue weighted by molar-refractivity contribution is 9.10. The summed E-state index contributed by atoms with van der Waals surface area (Å²) in [6, 6.07) is 22.5. The van der Waals surface area contributed by atoms with Gasteiger partial charge in [-0.3, -0.25) is 9.69 Å². The van der Waals surface area contributed by atoms with Crippen LogP contribution in [0.1, 0.15) is 0 Å². The number of rotatable bonds is 5. The first-order chi connectivity index (χ1) is 14.1. The Bertz CT molecular complexity index is 1030. The summed E-state index contributed by atoms with van der Waals surface area (Å²) in [5.41, 5.74) is 1.56. The van der Waals surface area contributed by atoms with Crippen LogP contribution >= 0.6 is 27.7 Å². The molecule has 0 fully saturated rings. The van der Waals surface area contributed by atoms with Crippen molar-refractivity contribution in [3.05, 3.63) is 77.3 Å². The third-order valence-electron chi connectivity index (χ3n) is 4.19. The third kappa shape index (κ3) is 4.46. The summed E-state index contributed by atoms with van der Waals surface area (Å²) in [5.74, 6) is -0.383. The third-order valence-corrected chi connectivity index (χ3v) is 5.81. The zero-order valence-electron chi connectivity index (χ0n) is 15.2. The van der Waals surface area contributed by atoms with Crippen molar-refractivity contribution in [2.24, 2.45) is 0 Å². The summed E-state index contributed by atoms with van der Waals surface area (Å²) in [6.07, 6.45) is 0. The molecule has 0 aromatic heterocycles. The Balaban J connectivity index is 1.43. The Hall–Kier alpha value is -2.77. The van der Waals surface area contributed by atoms with Crippen molar-refractivity contribution in [3.63, 3.8) is 0 Å². The van der Waals surface area contributed by atoms with Gasteiger partial charge in [0.1, 0.15) is 5.75 Å². The normalized spacial score (nSPS) is 12.0. The topological polar surface area (TPSA) is 55.8 Å². The number of carbonyl (C=O) groups excluding carboxylic acids is 2. The van der Waals surface area contributed by atoms with Crippen LogP contribution in [-0.4, -0.2) is 25.1 Å². The maximum absolute atomic E-state index is 12.9. The molecule has 0 bridgehead atoms. The maximum Gasteiger partial charge on any atom is 0.344 e. The molecule has 4 rings (SSSR count). The fourth-order valence-corrected chi connectivity index (χ4v) is 4.36. The highest BCUT2D eigenvalue weighted by Gasteiger charge is 2.28. The molecule has 0 unspecified atom stereocenters. The van der Waals surface area contributed by atoms with E-state index in [0.717, 1.165) is 25.6 Å². The van der Waals surface area contributed by atoms with Gasteiger partial charge in [0.2, 0.25) is 0 Å². The number of hydrogen-bond acceptors (Lipinski definition) is 5. The number of amides is 1.